The molecule has 0 N–H and O–H groups in total. The molecule has 0 unspecified atom stereocenters. The monoisotopic (exact) mass is 425 g/mol. The smallest absolute Gasteiger partial charge is 0.0742 e. The molecule has 33 heavy (non-hydrogen) atoms. The molecule has 0 aliphatic carbocycles. The van der Waals surface area contributed by atoms with Gasteiger partial charge in [0.2, 0.25) is 0 Å². The van der Waals surface area contributed by atoms with Crippen LogP contribution in [0.3, 0.4) is 0 Å². The van der Waals surface area contributed by atoms with Gasteiger partial charge in [-0.3, -0.25) is 0 Å². The normalized spacial score (nSPS) is 13.0. The van der Waals surface area contributed by atoms with Crippen LogP contribution in [-0.4, -0.2) is 4.57 Å². The molecule has 0 amide bonds. The van der Waals surface area contributed by atoms with Gasteiger partial charge in [-0.1, -0.05) is 104 Å². The number of rotatable bonds is 3. The predicted octanol–water partition coefficient (Wildman–Crippen LogP) is 8.08. The van der Waals surface area contributed by atoms with Gasteiger partial charge in [-0.05, 0) is 46.9 Å². The molecule has 0 bridgehead atoms. The van der Waals surface area contributed by atoms with E-state index in [0.717, 1.165) is 0 Å². The van der Waals surface area contributed by atoms with Crippen molar-refractivity contribution in [2.24, 2.45) is 0 Å². The molecular formula is C32H27N. The van der Waals surface area contributed by atoms with Gasteiger partial charge in [-0.15, -0.1) is 13.2 Å². The van der Waals surface area contributed by atoms with E-state index in [1.54, 1.807) is 0 Å². The lowest BCUT2D eigenvalue weighted by Gasteiger charge is -2.41. The summed E-state index contributed by atoms with van der Waals surface area (Å²) in [5.74, 6) is 0. The Morgan fingerprint density at radius 3 is 1.82 bits per heavy atom. The fourth-order valence-corrected chi connectivity index (χ4v) is 5.61. The van der Waals surface area contributed by atoms with E-state index in [4.69, 9.17) is 0 Å². The number of hydrogen-bond acceptors (Lipinski definition) is 0. The number of para-hydroxylation sites is 2. The van der Waals surface area contributed by atoms with Crippen LogP contribution in [0.4, 0.5) is 0 Å². The van der Waals surface area contributed by atoms with Crippen molar-refractivity contribution in [1.29, 1.82) is 0 Å². The number of aromatic nitrogens is 1. The number of fused-ring (bicyclic) bond motifs is 2. The fraction of sp³-hybridized carbons (Fsp3) is 0.0625. The molecule has 2 heterocycles. The predicted molar refractivity (Wildman–Crippen MR) is 141 cm³/mol. The maximum Gasteiger partial charge on any atom is 0.0742 e. The Morgan fingerprint density at radius 1 is 0.667 bits per heavy atom. The van der Waals surface area contributed by atoms with Crippen LogP contribution in [0, 0.1) is 6.92 Å². The highest BCUT2D eigenvalue weighted by atomic mass is 15.0. The summed E-state index contributed by atoms with van der Waals surface area (Å²) in [5.41, 5.74) is 9.74. The lowest BCUT2D eigenvalue weighted by Crippen LogP contribution is -2.35. The van der Waals surface area contributed by atoms with Crippen LogP contribution in [0.2, 0.25) is 0 Å². The first-order valence-electron chi connectivity index (χ1n) is 11.3. The summed E-state index contributed by atoms with van der Waals surface area (Å²) in [5, 5.41) is 1.29. The van der Waals surface area contributed by atoms with Crippen molar-refractivity contribution in [3.8, 4) is 5.69 Å². The molecule has 6 rings (SSSR count). The van der Waals surface area contributed by atoms with Crippen LogP contribution in [0.15, 0.2) is 123 Å². The average Bonchev–Trinajstić information content (AvgIpc) is 3.19. The minimum absolute atomic E-state index is 0.391. The average molecular weight is 426 g/mol. The third-order valence-corrected chi connectivity index (χ3v) is 6.85. The van der Waals surface area contributed by atoms with Crippen molar-refractivity contribution < 1.29 is 0 Å². The van der Waals surface area contributed by atoms with E-state index in [1.807, 2.05) is 6.08 Å². The first-order chi connectivity index (χ1) is 16.3. The second-order valence-corrected chi connectivity index (χ2v) is 8.25. The summed E-state index contributed by atoms with van der Waals surface area (Å²) in [7, 11) is 0. The van der Waals surface area contributed by atoms with Crippen LogP contribution in [0.1, 0.15) is 33.5 Å². The van der Waals surface area contributed by atoms with Crippen molar-refractivity contribution in [2.75, 3.05) is 0 Å². The zero-order valence-corrected chi connectivity index (χ0v) is 19.0. The summed E-state index contributed by atoms with van der Waals surface area (Å²) in [6, 6.07) is 37.5. The maximum atomic E-state index is 4.15. The highest BCUT2D eigenvalue weighted by molar-refractivity contribution is 5.96. The molecule has 1 heteroatoms. The SMILES string of the molecule is C=C.C=Cc1c(C)c2cccc3c2n1-c1ccccc1C3(c1ccccc1)c1ccccc1. The molecule has 0 saturated carbocycles. The summed E-state index contributed by atoms with van der Waals surface area (Å²) in [6.07, 6.45) is 1.99. The largest absolute Gasteiger partial charge is 0.309 e. The molecule has 160 valence electrons. The Kier molecular flexibility index (Phi) is 5.11. The first kappa shape index (κ1) is 20.8. The van der Waals surface area contributed by atoms with Gasteiger partial charge in [0.15, 0.2) is 0 Å². The highest BCUT2D eigenvalue weighted by Gasteiger charge is 2.45. The molecule has 4 aromatic carbocycles. The molecule has 1 aliphatic heterocycles. The minimum atomic E-state index is -0.391. The molecule has 1 aliphatic rings. The lowest BCUT2D eigenvalue weighted by molar-refractivity contribution is 0.724. The van der Waals surface area contributed by atoms with Gasteiger partial charge in [0.25, 0.3) is 0 Å². The molecule has 0 atom stereocenters. The van der Waals surface area contributed by atoms with Crippen molar-refractivity contribution in [3.05, 3.63) is 156 Å². The van der Waals surface area contributed by atoms with E-state index in [9.17, 15) is 0 Å². The summed E-state index contributed by atoms with van der Waals surface area (Å²) < 4.78 is 2.41. The number of hydrogen-bond donors (Lipinski definition) is 0. The lowest BCUT2D eigenvalue weighted by atomic mass is 9.63. The molecule has 1 aromatic heterocycles. The number of nitrogens with zero attached hydrogens (tertiary/aromatic N) is 1. The van der Waals surface area contributed by atoms with Gasteiger partial charge in [-0.2, -0.15) is 0 Å². The van der Waals surface area contributed by atoms with Gasteiger partial charge >= 0.3 is 0 Å². The third kappa shape index (κ3) is 2.72. The Hall–Kier alpha value is -4.10. The van der Waals surface area contributed by atoms with Crippen LogP contribution in [0.5, 0.6) is 0 Å². The van der Waals surface area contributed by atoms with Crippen molar-refractivity contribution in [3.63, 3.8) is 0 Å². The Bertz CT molecular complexity index is 1420. The van der Waals surface area contributed by atoms with Crippen molar-refractivity contribution in [1.82, 2.24) is 4.57 Å². The van der Waals surface area contributed by atoms with Crippen LogP contribution in [0.25, 0.3) is 22.7 Å². The van der Waals surface area contributed by atoms with Crippen LogP contribution in [-0.2, 0) is 5.41 Å². The van der Waals surface area contributed by atoms with Gasteiger partial charge in [0, 0.05) is 11.1 Å². The van der Waals surface area contributed by atoms with E-state index in [0.29, 0.717) is 0 Å². The van der Waals surface area contributed by atoms with E-state index >= 15 is 0 Å². The summed E-state index contributed by atoms with van der Waals surface area (Å²) >= 11 is 0. The molecule has 1 nitrogen and oxygen atoms in total. The Labute approximate surface area is 196 Å². The van der Waals surface area contributed by atoms with Gasteiger partial charge in [-0.25, -0.2) is 0 Å². The van der Waals surface area contributed by atoms with Crippen molar-refractivity contribution >= 4 is 17.0 Å². The molecule has 0 radical (unpaired) electrons. The zero-order chi connectivity index (χ0) is 23.0. The number of benzene rings is 4. The second kappa shape index (κ2) is 8.11. The van der Waals surface area contributed by atoms with Crippen LogP contribution < -0.4 is 0 Å². The quantitative estimate of drug-likeness (QED) is 0.253. The van der Waals surface area contributed by atoms with Gasteiger partial charge < -0.3 is 4.57 Å². The van der Waals surface area contributed by atoms with E-state index < -0.39 is 5.41 Å². The van der Waals surface area contributed by atoms with E-state index in [-0.39, 0.29) is 0 Å². The minimum Gasteiger partial charge on any atom is -0.309 e. The highest BCUT2D eigenvalue weighted by Crippen LogP contribution is 2.53. The van der Waals surface area contributed by atoms with E-state index in [2.05, 4.69) is 134 Å². The Morgan fingerprint density at radius 2 is 1.21 bits per heavy atom. The topological polar surface area (TPSA) is 4.93 Å². The molecular weight excluding hydrogens is 398 g/mol. The van der Waals surface area contributed by atoms with Crippen LogP contribution >= 0.6 is 0 Å². The molecule has 0 fully saturated rings. The van der Waals surface area contributed by atoms with Gasteiger partial charge in [0.05, 0.1) is 16.6 Å². The summed E-state index contributed by atoms with van der Waals surface area (Å²) in [4.78, 5) is 0. The Balaban J connectivity index is 0.00000111. The molecule has 5 aromatic rings. The zero-order valence-electron chi connectivity index (χ0n) is 19.0. The summed E-state index contributed by atoms with van der Waals surface area (Å²) in [6.45, 7) is 12.4. The molecule has 0 saturated heterocycles. The first-order valence-corrected chi connectivity index (χ1v) is 11.3. The molecule has 0 spiro atoms. The fourth-order valence-electron chi connectivity index (χ4n) is 5.61. The second-order valence-electron chi connectivity index (χ2n) is 8.25. The van der Waals surface area contributed by atoms with E-state index in [1.165, 1.54) is 50.1 Å². The standard InChI is InChI=1S/C30H23N.C2H4/c1-3-27-21(2)24-17-12-19-26-29(24)31(27)28-20-11-10-18-25(28)30(26,22-13-6-4-7-14-22)23-15-8-5-9-16-23;1-2/h3-20H,1H2,2H3;1-2H2. The van der Waals surface area contributed by atoms with Gasteiger partial charge in [0.1, 0.15) is 0 Å². The number of aryl methyl sites for hydroxylation is 1. The third-order valence-electron chi connectivity index (χ3n) is 6.85. The maximum absolute atomic E-state index is 4.15. The van der Waals surface area contributed by atoms with Crippen molar-refractivity contribution in [2.45, 2.75) is 12.3 Å².